The van der Waals surface area contributed by atoms with Crippen molar-refractivity contribution in [3.63, 3.8) is 0 Å². The van der Waals surface area contributed by atoms with Gasteiger partial charge in [-0.1, -0.05) is 30.3 Å². The summed E-state index contributed by atoms with van der Waals surface area (Å²) in [6, 6.07) is 8.92. The molecule has 0 aromatic heterocycles. The molecule has 1 N–H and O–H groups in total. The van der Waals surface area contributed by atoms with E-state index in [-0.39, 0.29) is 25.9 Å². The van der Waals surface area contributed by atoms with E-state index in [2.05, 4.69) is 10.2 Å². The Hall–Kier alpha value is -3.30. The third-order valence-electron chi connectivity index (χ3n) is 3.66. The molecule has 2 amide bonds. The Balaban J connectivity index is 2.97. The number of benzene rings is 1. The van der Waals surface area contributed by atoms with E-state index in [1.807, 2.05) is 6.07 Å². The summed E-state index contributed by atoms with van der Waals surface area (Å²) in [5.41, 5.74) is 2.17. The highest BCUT2D eigenvalue weighted by molar-refractivity contribution is 5.75. The molecule has 31 heavy (non-hydrogen) atoms. The number of amides is 2. The van der Waals surface area contributed by atoms with Gasteiger partial charge in [-0.05, 0) is 32.8 Å². The van der Waals surface area contributed by atoms with Gasteiger partial charge in [0.25, 0.3) is 0 Å². The van der Waals surface area contributed by atoms with Crippen molar-refractivity contribution in [3.05, 3.63) is 35.9 Å². The van der Waals surface area contributed by atoms with Crippen LogP contribution in [-0.2, 0) is 35.1 Å². The summed E-state index contributed by atoms with van der Waals surface area (Å²) in [5.74, 6) is -1.14. The van der Waals surface area contributed by atoms with E-state index in [9.17, 15) is 19.2 Å². The van der Waals surface area contributed by atoms with Crippen LogP contribution in [0, 0.1) is 0 Å². The van der Waals surface area contributed by atoms with Crippen LogP contribution >= 0.6 is 0 Å². The van der Waals surface area contributed by atoms with Gasteiger partial charge in [0.05, 0.1) is 7.11 Å². The first kappa shape index (κ1) is 25.7. The Morgan fingerprint density at radius 2 is 1.74 bits per heavy atom. The van der Waals surface area contributed by atoms with Crippen LogP contribution in [0.5, 0.6) is 0 Å². The van der Waals surface area contributed by atoms with Gasteiger partial charge < -0.3 is 18.9 Å². The maximum Gasteiger partial charge on any atom is 0.432 e. The van der Waals surface area contributed by atoms with Gasteiger partial charge in [0.1, 0.15) is 12.2 Å². The standard InChI is InChI=1S/C21H30N2O8/c1-15(24)30-17(12-9-13-18(25)28-5)23(22-19(26)31-21(2,3)4)20(27)29-14-16-10-7-6-8-11-16/h6-8,10-11,17H,9,12-14H2,1-5H3,(H,22,26). The molecule has 0 fully saturated rings. The molecule has 0 aliphatic rings. The molecule has 0 saturated heterocycles. The number of nitrogens with zero attached hydrogens (tertiary/aromatic N) is 1. The van der Waals surface area contributed by atoms with Crippen molar-refractivity contribution in [2.75, 3.05) is 7.11 Å². The normalized spacial score (nSPS) is 11.6. The Kier molecular flexibility index (Phi) is 10.3. The molecule has 0 bridgehead atoms. The SMILES string of the molecule is COC(=O)CCCC(OC(C)=O)N(NC(=O)OC(C)(C)C)C(=O)OCc1ccccc1. The molecule has 10 heteroatoms. The molecule has 1 rings (SSSR count). The van der Waals surface area contributed by atoms with Gasteiger partial charge in [-0.15, -0.1) is 0 Å². The number of hydrazine groups is 1. The molecular formula is C21H30N2O8. The quantitative estimate of drug-likeness (QED) is 0.284. The molecule has 172 valence electrons. The summed E-state index contributed by atoms with van der Waals surface area (Å²) in [6.45, 7) is 6.06. The summed E-state index contributed by atoms with van der Waals surface area (Å²) in [4.78, 5) is 48.0. The predicted octanol–water partition coefficient (Wildman–Crippen LogP) is 3.30. The molecular weight excluding hydrogens is 408 g/mol. The fraction of sp³-hybridized carbons (Fsp3) is 0.524. The summed E-state index contributed by atoms with van der Waals surface area (Å²) < 4.78 is 20.2. The lowest BCUT2D eigenvalue weighted by Crippen LogP contribution is -2.54. The van der Waals surface area contributed by atoms with Crippen LogP contribution in [0.1, 0.15) is 52.5 Å². The second-order valence-electron chi connectivity index (χ2n) is 7.56. The third-order valence-corrected chi connectivity index (χ3v) is 3.66. The number of hydrogen-bond donors (Lipinski definition) is 1. The molecule has 0 saturated carbocycles. The molecule has 0 radical (unpaired) electrons. The second-order valence-corrected chi connectivity index (χ2v) is 7.56. The summed E-state index contributed by atoms with van der Waals surface area (Å²) in [6.07, 6.45) is -2.81. The van der Waals surface area contributed by atoms with Gasteiger partial charge in [-0.25, -0.2) is 15.0 Å². The van der Waals surface area contributed by atoms with Crippen LogP contribution in [0.15, 0.2) is 30.3 Å². The first-order valence-corrected chi connectivity index (χ1v) is 9.75. The fourth-order valence-electron chi connectivity index (χ4n) is 2.38. The number of rotatable bonds is 8. The Labute approximate surface area is 181 Å². The first-order valence-electron chi connectivity index (χ1n) is 9.75. The summed E-state index contributed by atoms with van der Waals surface area (Å²) >= 11 is 0. The monoisotopic (exact) mass is 438 g/mol. The van der Waals surface area contributed by atoms with Crippen molar-refractivity contribution in [2.24, 2.45) is 0 Å². The molecule has 1 unspecified atom stereocenters. The van der Waals surface area contributed by atoms with E-state index in [1.54, 1.807) is 45.0 Å². The average molecular weight is 438 g/mol. The lowest BCUT2D eigenvalue weighted by molar-refractivity contribution is -0.158. The Bertz CT molecular complexity index is 745. The third kappa shape index (κ3) is 10.9. The highest BCUT2D eigenvalue weighted by Crippen LogP contribution is 2.14. The maximum atomic E-state index is 12.7. The van der Waals surface area contributed by atoms with Gasteiger partial charge >= 0.3 is 24.1 Å². The van der Waals surface area contributed by atoms with Crippen LogP contribution in [0.25, 0.3) is 0 Å². The van der Waals surface area contributed by atoms with Crippen molar-refractivity contribution in [3.8, 4) is 0 Å². The average Bonchev–Trinajstić information content (AvgIpc) is 2.68. The first-order chi connectivity index (χ1) is 14.5. The fourth-order valence-corrected chi connectivity index (χ4v) is 2.38. The van der Waals surface area contributed by atoms with E-state index in [0.29, 0.717) is 0 Å². The van der Waals surface area contributed by atoms with Crippen LogP contribution in [0.4, 0.5) is 9.59 Å². The van der Waals surface area contributed by atoms with Crippen molar-refractivity contribution < 1.29 is 38.1 Å². The topological polar surface area (TPSA) is 120 Å². The molecule has 1 aromatic carbocycles. The number of esters is 2. The minimum absolute atomic E-state index is 0.0353. The van der Waals surface area contributed by atoms with E-state index in [4.69, 9.17) is 14.2 Å². The number of carbonyl (C=O) groups excluding carboxylic acids is 4. The maximum absolute atomic E-state index is 12.7. The molecule has 0 aliphatic carbocycles. The molecule has 1 aromatic rings. The van der Waals surface area contributed by atoms with Crippen LogP contribution < -0.4 is 5.43 Å². The van der Waals surface area contributed by atoms with Gasteiger partial charge in [-0.2, -0.15) is 5.01 Å². The number of ether oxygens (including phenoxy) is 4. The molecule has 10 nitrogen and oxygen atoms in total. The zero-order valence-corrected chi connectivity index (χ0v) is 18.5. The van der Waals surface area contributed by atoms with Crippen molar-refractivity contribution in [1.82, 2.24) is 10.4 Å². The Morgan fingerprint density at radius 1 is 1.10 bits per heavy atom. The van der Waals surface area contributed by atoms with E-state index < -0.39 is 36.0 Å². The van der Waals surface area contributed by atoms with Crippen LogP contribution in [0.3, 0.4) is 0 Å². The van der Waals surface area contributed by atoms with E-state index >= 15 is 0 Å². The zero-order chi connectivity index (χ0) is 23.4. The minimum atomic E-state index is -1.22. The second kappa shape index (κ2) is 12.4. The van der Waals surface area contributed by atoms with Gasteiger partial charge in [-0.3, -0.25) is 9.59 Å². The van der Waals surface area contributed by atoms with Crippen LogP contribution in [0.2, 0.25) is 0 Å². The van der Waals surface area contributed by atoms with Crippen LogP contribution in [-0.4, -0.2) is 48.1 Å². The number of hydrogen-bond acceptors (Lipinski definition) is 8. The largest absolute Gasteiger partial charge is 0.469 e. The molecule has 0 aliphatic heterocycles. The molecule has 1 atom stereocenters. The van der Waals surface area contributed by atoms with Gasteiger partial charge in [0.15, 0.2) is 6.23 Å². The van der Waals surface area contributed by atoms with Gasteiger partial charge in [0.2, 0.25) is 0 Å². The lowest BCUT2D eigenvalue weighted by atomic mass is 10.2. The summed E-state index contributed by atoms with van der Waals surface area (Å²) in [5, 5.41) is 0.746. The minimum Gasteiger partial charge on any atom is -0.469 e. The van der Waals surface area contributed by atoms with Crippen molar-refractivity contribution >= 4 is 24.1 Å². The molecule has 0 heterocycles. The predicted molar refractivity (Wildman–Crippen MR) is 109 cm³/mol. The number of nitrogens with one attached hydrogen (secondary N) is 1. The van der Waals surface area contributed by atoms with Crippen molar-refractivity contribution in [2.45, 2.75) is 65.4 Å². The highest BCUT2D eigenvalue weighted by atomic mass is 16.6. The lowest BCUT2D eigenvalue weighted by Gasteiger charge is -2.31. The number of carbonyl (C=O) groups is 4. The van der Waals surface area contributed by atoms with E-state index in [1.165, 1.54) is 7.11 Å². The number of methoxy groups -OCH3 is 1. The Morgan fingerprint density at radius 3 is 2.29 bits per heavy atom. The highest BCUT2D eigenvalue weighted by Gasteiger charge is 2.31. The molecule has 0 spiro atoms. The van der Waals surface area contributed by atoms with E-state index in [0.717, 1.165) is 17.5 Å². The zero-order valence-electron chi connectivity index (χ0n) is 18.5. The van der Waals surface area contributed by atoms with Crippen molar-refractivity contribution in [1.29, 1.82) is 0 Å². The smallest absolute Gasteiger partial charge is 0.432 e. The summed E-state index contributed by atoms with van der Waals surface area (Å²) in [7, 11) is 1.25. The van der Waals surface area contributed by atoms with Gasteiger partial charge in [0, 0.05) is 19.8 Å².